The molecule has 0 radical (unpaired) electrons. The predicted octanol–water partition coefficient (Wildman–Crippen LogP) is -4.13. The topological polar surface area (TPSA) is 224 Å². The predicted molar refractivity (Wildman–Crippen MR) is 37.8 cm³/mol. The molecular weight excluding hydrogens is 180 g/mol. The number of hydrogen-bond donors (Lipinski definition) is 2. The van der Waals surface area contributed by atoms with Gasteiger partial charge in [0.05, 0.1) is 0 Å². The first-order valence-corrected chi connectivity index (χ1v) is 0.814. The van der Waals surface area contributed by atoms with E-state index in [1.165, 1.54) is 0 Å². The molecule has 0 aliphatic carbocycles. The maximum atomic E-state index is 8.90. The Morgan fingerprint density at radius 1 is 1.09 bits per heavy atom. The van der Waals surface area contributed by atoms with Crippen LogP contribution in [0.3, 0.4) is 0 Å². The zero-order valence-corrected chi connectivity index (χ0v) is 6.83. The van der Waals surface area contributed by atoms with Crippen LogP contribution in [0.1, 0.15) is 2.85 Å². The molecule has 0 atom stereocenters. The molecule has 0 amide bonds. The molecule has 0 unspecified atom stereocenters. The fourth-order valence-electron chi connectivity index (χ4n) is 0. The summed E-state index contributed by atoms with van der Waals surface area (Å²) in [4.78, 5) is 11.6. The van der Waals surface area contributed by atoms with E-state index in [4.69, 9.17) is 15.2 Å². The standard InChI is InChI=1S/CH2O4.Mg.5H2O.2H/c2-1(3)5-4;;;;;;;;/h4H,(H,2,3);;5*1H2;;/q;+2;;;;;;2*-1. The Labute approximate surface area is 80.2 Å². The van der Waals surface area contributed by atoms with Crippen molar-refractivity contribution in [3.8, 4) is 0 Å². The van der Waals surface area contributed by atoms with Gasteiger partial charge in [0.2, 0.25) is 0 Å². The molecule has 0 spiro atoms. The van der Waals surface area contributed by atoms with Gasteiger partial charge in [-0.05, 0) is 0 Å². The number of carbonyl (C=O) groups is 1. The number of rotatable bonds is 0. The third-order valence-electron chi connectivity index (χ3n) is 0.0781. The van der Waals surface area contributed by atoms with Gasteiger partial charge in [-0.1, -0.05) is 0 Å². The Bertz CT molecular complexity index is 52.9. The normalized spacial score (nSPS) is 3.00. The van der Waals surface area contributed by atoms with Gasteiger partial charge in [-0.2, -0.15) is 5.26 Å². The van der Waals surface area contributed by atoms with Crippen LogP contribution in [0, 0.1) is 0 Å². The monoisotopic (exact) mass is 194 g/mol. The largest absolute Gasteiger partial charge is 2.00 e. The molecule has 11 heavy (non-hydrogen) atoms. The number of carboxylic acid groups (broad SMARTS) is 1. The maximum absolute atomic E-state index is 8.90. The van der Waals surface area contributed by atoms with Gasteiger partial charge in [-0.3, -0.25) is 4.89 Å². The van der Waals surface area contributed by atoms with Crippen molar-refractivity contribution in [2.75, 3.05) is 0 Å². The molecule has 74 valence electrons. The van der Waals surface area contributed by atoms with E-state index in [0.717, 1.165) is 0 Å². The fraction of sp³-hybridized carbons (Fsp3) is 0. The van der Waals surface area contributed by atoms with Crippen molar-refractivity contribution in [1.82, 2.24) is 0 Å². The summed E-state index contributed by atoms with van der Waals surface area (Å²) in [6, 6.07) is 0. The van der Waals surface area contributed by atoms with Crippen LogP contribution in [0.5, 0.6) is 0 Å². The van der Waals surface area contributed by atoms with E-state index in [9.17, 15) is 0 Å². The van der Waals surface area contributed by atoms with Crippen LogP contribution in [0.25, 0.3) is 0 Å². The first kappa shape index (κ1) is 71.9. The van der Waals surface area contributed by atoms with Gasteiger partial charge in [0, 0.05) is 0 Å². The summed E-state index contributed by atoms with van der Waals surface area (Å²) in [6.07, 6.45) is -1.69. The maximum Gasteiger partial charge on any atom is 2.00 e. The molecule has 0 fully saturated rings. The molecule has 0 aromatic carbocycles. The van der Waals surface area contributed by atoms with Crippen molar-refractivity contribution in [3.05, 3.63) is 0 Å². The summed E-state index contributed by atoms with van der Waals surface area (Å²) in [5.74, 6) is 0. The molecule has 0 saturated heterocycles. The minimum atomic E-state index is -1.69. The molecule has 10 heteroatoms. The third kappa shape index (κ3) is 185. The second-order valence-electron chi connectivity index (χ2n) is 0.357. The van der Waals surface area contributed by atoms with Crippen molar-refractivity contribution >= 4 is 29.2 Å². The van der Waals surface area contributed by atoms with Crippen LogP contribution >= 0.6 is 0 Å². The summed E-state index contributed by atoms with van der Waals surface area (Å²) in [6.45, 7) is 0. The molecular formula is CH14MgO9. The fourth-order valence-corrected chi connectivity index (χ4v) is 0. The van der Waals surface area contributed by atoms with Crippen LogP contribution in [0.4, 0.5) is 4.79 Å². The van der Waals surface area contributed by atoms with Gasteiger partial charge in [-0.15, -0.1) is 0 Å². The Balaban J connectivity index is -0.00000000286. The van der Waals surface area contributed by atoms with E-state index >= 15 is 0 Å². The van der Waals surface area contributed by atoms with E-state index < -0.39 is 6.16 Å². The summed E-state index contributed by atoms with van der Waals surface area (Å²) < 4.78 is 0. The molecule has 0 aliphatic heterocycles. The van der Waals surface area contributed by atoms with Crippen LogP contribution in [0.2, 0.25) is 0 Å². The quantitative estimate of drug-likeness (QED) is 0.222. The van der Waals surface area contributed by atoms with Gasteiger partial charge in [0.15, 0.2) is 0 Å². The molecule has 9 nitrogen and oxygen atoms in total. The zero-order valence-electron chi connectivity index (χ0n) is 7.42. The molecule has 12 N–H and O–H groups in total. The van der Waals surface area contributed by atoms with E-state index in [1.54, 1.807) is 0 Å². The van der Waals surface area contributed by atoms with Crippen LogP contribution in [-0.2, 0) is 4.89 Å². The van der Waals surface area contributed by atoms with Crippen molar-refractivity contribution in [1.29, 1.82) is 0 Å². The van der Waals surface area contributed by atoms with Gasteiger partial charge >= 0.3 is 29.2 Å². The smallest absolute Gasteiger partial charge is 1.00 e. The average molecular weight is 194 g/mol. The summed E-state index contributed by atoms with van der Waals surface area (Å²) in [7, 11) is 0. The third-order valence-corrected chi connectivity index (χ3v) is 0.0781. The van der Waals surface area contributed by atoms with Gasteiger partial charge in [0.25, 0.3) is 0 Å². The van der Waals surface area contributed by atoms with Crippen LogP contribution < -0.4 is 0 Å². The van der Waals surface area contributed by atoms with E-state index in [-0.39, 0.29) is 53.3 Å². The molecule has 0 saturated carbocycles. The molecule has 0 bridgehead atoms. The van der Waals surface area contributed by atoms with E-state index in [1.807, 2.05) is 0 Å². The van der Waals surface area contributed by atoms with Gasteiger partial charge in [0.1, 0.15) is 0 Å². The molecule has 0 rings (SSSR count). The second-order valence-corrected chi connectivity index (χ2v) is 0.357. The zero-order chi connectivity index (χ0) is 4.28. The first-order chi connectivity index (χ1) is 2.27. The minimum Gasteiger partial charge on any atom is -1.00 e. The van der Waals surface area contributed by atoms with Gasteiger partial charge in [-0.25, -0.2) is 4.79 Å². The van der Waals surface area contributed by atoms with Crippen molar-refractivity contribution in [2.45, 2.75) is 0 Å². The molecule has 0 aromatic rings. The van der Waals surface area contributed by atoms with Crippen LogP contribution in [-0.4, -0.2) is 67.0 Å². The Morgan fingerprint density at radius 2 is 1.18 bits per heavy atom. The molecule has 0 aromatic heterocycles. The SMILES string of the molecule is O.O.O.O.O.O=C(O)OO.[H-].[H-].[Mg+2]. The van der Waals surface area contributed by atoms with Crippen molar-refractivity contribution in [3.63, 3.8) is 0 Å². The Kier molecular flexibility index (Phi) is 344. The van der Waals surface area contributed by atoms with Crippen LogP contribution in [0.15, 0.2) is 0 Å². The Morgan fingerprint density at radius 3 is 1.18 bits per heavy atom. The van der Waals surface area contributed by atoms with Crippen molar-refractivity contribution < 1.29 is 50.3 Å². The Hall–Kier alpha value is -0.204. The molecule has 0 heterocycles. The summed E-state index contributed by atoms with van der Waals surface area (Å²) in [5.41, 5.74) is 0. The van der Waals surface area contributed by atoms with E-state index in [2.05, 4.69) is 4.89 Å². The minimum absolute atomic E-state index is 0. The second kappa shape index (κ2) is 52.6. The van der Waals surface area contributed by atoms with Crippen molar-refractivity contribution in [2.24, 2.45) is 0 Å². The van der Waals surface area contributed by atoms with Gasteiger partial charge < -0.3 is 35.3 Å². The molecule has 0 aliphatic rings. The summed E-state index contributed by atoms with van der Waals surface area (Å²) >= 11 is 0. The summed E-state index contributed by atoms with van der Waals surface area (Å²) in [5, 5.41) is 14.3. The first-order valence-electron chi connectivity index (χ1n) is 0.814. The van der Waals surface area contributed by atoms with E-state index in [0.29, 0.717) is 0 Å². The average Bonchev–Trinajstić information content (AvgIpc) is 1.38. The number of hydrogen-bond acceptors (Lipinski definition) is 3.